The van der Waals surface area contributed by atoms with Gasteiger partial charge in [-0.05, 0) is 19.9 Å². The number of aryl methyl sites for hydroxylation is 3. The first kappa shape index (κ1) is 11.7. The molecular weight excluding hydrogens is 218 g/mol. The molecule has 0 aliphatic heterocycles. The van der Waals surface area contributed by atoms with Crippen LogP contribution in [0.3, 0.4) is 0 Å². The van der Waals surface area contributed by atoms with Gasteiger partial charge in [-0.1, -0.05) is 0 Å². The Labute approximate surface area is 100 Å². The molecule has 0 radical (unpaired) electrons. The van der Waals surface area contributed by atoms with E-state index in [9.17, 15) is 0 Å². The molecule has 0 atom stereocenters. The van der Waals surface area contributed by atoms with Crippen LogP contribution in [0.2, 0.25) is 0 Å². The fourth-order valence-corrected chi connectivity index (χ4v) is 1.73. The van der Waals surface area contributed by atoms with E-state index >= 15 is 0 Å². The molecule has 92 valence electrons. The van der Waals surface area contributed by atoms with Crippen LogP contribution in [0.25, 0.3) is 0 Å². The third-order valence-electron chi connectivity index (χ3n) is 2.61. The van der Waals surface area contributed by atoms with Gasteiger partial charge in [-0.3, -0.25) is 0 Å². The standard InChI is InChI=1S/C12H17N3O2/c1-8-4-12(15(3)14-8)16-7-11-5-10(6-13)9(2)17-11/h4-5H,6-7,13H2,1-3H3. The van der Waals surface area contributed by atoms with Gasteiger partial charge in [-0.15, -0.1) is 0 Å². The predicted molar refractivity (Wildman–Crippen MR) is 63.6 cm³/mol. The lowest BCUT2D eigenvalue weighted by molar-refractivity contribution is 0.247. The first-order valence-electron chi connectivity index (χ1n) is 5.52. The number of furan rings is 1. The second-order valence-corrected chi connectivity index (χ2v) is 4.03. The molecule has 2 rings (SSSR count). The maximum atomic E-state index is 5.62. The predicted octanol–water partition coefficient (Wildman–Crippen LogP) is 1.67. The summed E-state index contributed by atoms with van der Waals surface area (Å²) in [5.74, 6) is 2.36. The number of hydrogen-bond acceptors (Lipinski definition) is 4. The van der Waals surface area contributed by atoms with Crippen LogP contribution in [-0.2, 0) is 20.2 Å². The van der Waals surface area contributed by atoms with Gasteiger partial charge in [0.25, 0.3) is 0 Å². The van der Waals surface area contributed by atoms with E-state index in [2.05, 4.69) is 5.10 Å². The number of nitrogens with zero attached hydrogens (tertiary/aromatic N) is 2. The highest BCUT2D eigenvalue weighted by molar-refractivity contribution is 5.21. The molecule has 2 heterocycles. The van der Waals surface area contributed by atoms with Crippen molar-refractivity contribution in [1.82, 2.24) is 9.78 Å². The number of aromatic nitrogens is 2. The van der Waals surface area contributed by atoms with E-state index in [0.29, 0.717) is 13.2 Å². The van der Waals surface area contributed by atoms with Gasteiger partial charge in [0, 0.05) is 25.2 Å². The lowest BCUT2D eigenvalue weighted by Crippen LogP contribution is -2.00. The summed E-state index contributed by atoms with van der Waals surface area (Å²) < 4.78 is 12.9. The van der Waals surface area contributed by atoms with Crippen molar-refractivity contribution in [2.24, 2.45) is 12.8 Å². The highest BCUT2D eigenvalue weighted by atomic mass is 16.5. The van der Waals surface area contributed by atoms with E-state index in [1.807, 2.05) is 33.0 Å². The molecular formula is C12H17N3O2. The van der Waals surface area contributed by atoms with Crippen molar-refractivity contribution in [3.8, 4) is 5.88 Å². The minimum absolute atomic E-state index is 0.389. The van der Waals surface area contributed by atoms with Crippen LogP contribution in [0.5, 0.6) is 5.88 Å². The van der Waals surface area contributed by atoms with Gasteiger partial charge in [-0.25, -0.2) is 4.68 Å². The molecule has 0 amide bonds. The Kier molecular flexibility index (Phi) is 3.19. The van der Waals surface area contributed by atoms with Gasteiger partial charge in [-0.2, -0.15) is 5.10 Å². The fourth-order valence-electron chi connectivity index (χ4n) is 1.73. The summed E-state index contributed by atoms with van der Waals surface area (Å²) in [6.07, 6.45) is 0. The first-order chi connectivity index (χ1) is 8.10. The minimum atomic E-state index is 0.389. The Morgan fingerprint density at radius 2 is 2.18 bits per heavy atom. The Morgan fingerprint density at radius 3 is 2.71 bits per heavy atom. The second-order valence-electron chi connectivity index (χ2n) is 4.03. The largest absolute Gasteiger partial charge is 0.470 e. The molecule has 0 spiro atoms. The summed E-state index contributed by atoms with van der Waals surface area (Å²) in [7, 11) is 1.85. The van der Waals surface area contributed by atoms with Crippen LogP contribution in [0.4, 0.5) is 0 Å². The van der Waals surface area contributed by atoms with E-state index in [4.69, 9.17) is 14.9 Å². The second kappa shape index (κ2) is 4.63. The summed E-state index contributed by atoms with van der Waals surface area (Å²) in [6, 6.07) is 3.82. The molecule has 0 aromatic carbocycles. The Bertz CT molecular complexity index is 514. The number of rotatable bonds is 4. The maximum Gasteiger partial charge on any atom is 0.212 e. The highest BCUT2D eigenvalue weighted by Crippen LogP contribution is 2.17. The van der Waals surface area contributed by atoms with Gasteiger partial charge in [0.2, 0.25) is 5.88 Å². The minimum Gasteiger partial charge on any atom is -0.470 e. The highest BCUT2D eigenvalue weighted by Gasteiger charge is 2.08. The van der Waals surface area contributed by atoms with E-state index < -0.39 is 0 Å². The smallest absolute Gasteiger partial charge is 0.212 e. The number of ether oxygens (including phenoxy) is 1. The van der Waals surface area contributed by atoms with Crippen molar-refractivity contribution in [2.75, 3.05) is 0 Å². The molecule has 0 fully saturated rings. The molecule has 0 aliphatic carbocycles. The molecule has 0 aliphatic rings. The summed E-state index contributed by atoms with van der Waals surface area (Å²) in [4.78, 5) is 0. The molecule has 2 aromatic heterocycles. The van der Waals surface area contributed by atoms with E-state index in [1.165, 1.54) is 0 Å². The van der Waals surface area contributed by atoms with Gasteiger partial charge >= 0.3 is 0 Å². The number of nitrogens with two attached hydrogens (primary N) is 1. The summed E-state index contributed by atoms with van der Waals surface area (Å²) in [6.45, 7) is 4.70. The molecule has 0 unspecified atom stereocenters. The van der Waals surface area contributed by atoms with Crippen LogP contribution in [-0.4, -0.2) is 9.78 Å². The average Bonchev–Trinajstić information content (AvgIpc) is 2.79. The summed E-state index contributed by atoms with van der Waals surface area (Å²) in [5.41, 5.74) is 7.53. The van der Waals surface area contributed by atoms with Crippen LogP contribution in [0.15, 0.2) is 16.5 Å². The van der Waals surface area contributed by atoms with Gasteiger partial charge in [0.05, 0.1) is 5.69 Å². The summed E-state index contributed by atoms with van der Waals surface area (Å²) >= 11 is 0. The monoisotopic (exact) mass is 235 g/mol. The van der Waals surface area contributed by atoms with E-state index in [-0.39, 0.29) is 0 Å². The van der Waals surface area contributed by atoms with Crippen molar-refractivity contribution < 1.29 is 9.15 Å². The van der Waals surface area contributed by atoms with Gasteiger partial charge < -0.3 is 14.9 Å². The Morgan fingerprint density at radius 1 is 1.41 bits per heavy atom. The SMILES string of the molecule is Cc1cc(OCc2cc(CN)c(C)o2)n(C)n1. The zero-order chi connectivity index (χ0) is 12.4. The fraction of sp³-hybridized carbons (Fsp3) is 0.417. The van der Waals surface area contributed by atoms with Gasteiger partial charge in [0.1, 0.15) is 18.1 Å². The van der Waals surface area contributed by atoms with Crippen LogP contribution in [0.1, 0.15) is 22.8 Å². The van der Waals surface area contributed by atoms with Crippen molar-refractivity contribution in [3.63, 3.8) is 0 Å². The summed E-state index contributed by atoms with van der Waals surface area (Å²) in [5, 5.41) is 4.20. The van der Waals surface area contributed by atoms with Crippen molar-refractivity contribution in [1.29, 1.82) is 0 Å². The zero-order valence-corrected chi connectivity index (χ0v) is 10.4. The quantitative estimate of drug-likeness (QED) is 0.875. The topological polar surface area (TPSA) is 66.2 Å². The molecule has 2 N–H and O–H groups in total. The molecule has 2 aromatic rings. The average molecular weight is 235 g/mol. The van der Waals surface area contributed by atoms with Gasteiger partial charge in [0.15, 0.2) is 0 Å². The van der Waals surface area contributed by atoms with E-state index in [1.54, 1.807) is 4.68 Å². The van der Waals surface area contributed by atoms with Crippen LogP contribution in [0, 0.1) is 13.8 Å². The zero-order valence-electron chi connectivity index (χ0n) is 10.4. The first-order valence-corrected chi connectivity index (χ1v) is 5.52. The Hall–Kier alpha value is -1.75. The van der Waals surface area contributed by atoms with Crippen LogP contribution < -0.4 is 10.5 Å². The molecule has 0 bridgehead atoms. The lowest BCUT2D eigenvalue weighted by atomic mass is 10.2. The van der Waals surface area contributed by atoms with Crippen molar-refractivity contribution in [2.45, 2.75) is 27.0 Å². The molecule has 5 nitrogen and oxygen atoms in total. The van der Waals surface area contributed by atoms with Crippen molar-refractivity contribution >= 4 is 0 Å². The molecule has 0 saturated carbocycles. The maximum absolute atomic E-state index is 5.62. The molecule has 5 heteroatoms. The normalized spacial score (nSPS) is 10.8. The van der Waals surface area contributed by atoms with E-state index in [0.717, 1.165) is 28.7 Å². The molecule has 0 saturated heterocycles. The Balaban J connectivity index is 2.04. The third kappa shape index (κ3) is 2.50. The van der Waals surface area contributed by atoms with Crippen molar-refractivity contribution in [3.05, 3.63) is 34.9 Å². The molecule has 17 heavy (non-hydrogen) atoms. The van der Waals surface area contributed by atoms with Crippen LogP contribution >= 0.6 is 0 Å². The lowest BCUT2D eigenvalue weighted by Gasteiger charge is -2.02. The third-order valence-corrected chi connectivity index (χ3v) is 2.61. The number of hydrogen-bond donors (Lipinski definition) is 1.